The molecule has 6 nitrogen and oxygen atoms in total. The number of hydrogen-bond acceptors (Lipinski definition) is 5. The summed E-state index contributed by atoms with van der Waals surface area (Å²) in [6, 6.07) is -0.364. The summed E-state index contributed by atoms with van der Waals surface area (Å²) in [5, 5.41) is 2.87. The van der Waals surface area contributed by atoms with Gasteiger partial charge in [0.25, 0.3) is 0 Å². The number of carbonyl (C=O) groups is 2. The van der Waals surface area contributed by atoms with Crippen molar-refractivity contribution in [2.45, 2.75) is 19.4 Å². The number of hydrogen-bond donors (Lipinski definition) is 2. The molecule has 0 aromatic heterocycles. The summed E-state index contributed by atoms with van der Waals surface area (Å²) in [6.07, 6.45) is -0.207. The fraction of sp³-hybridized carbons (Fsp3) is 0.750. The first-order chi connectivity index (χ1) is 6.61. The van der Waals surface area contributed by atoms with Crippen molar-refractivity contribution in [1.29, 1.82) is 0 Å². The van der Waals surface area contributed by atoms with E-state index in [0.717, 1.165) is 0 Å². The summed E-state index contributed by atoms with van der Waals surface area (Å²) in [6.45, 7) is 2.36. The molecule has 1 amide bonds. The van der Waals surface area contributed by atoms with Crippen molar-refractivity contribution in [3.05, 3.63) is 0 Å². The molecule has 0 aliphatic carbocycles. The third-order valence-corrected chi connectivity index (χ3v) is 1.63. The second-order valence-corrected chi connectivity index (χ2v) is 2.61. The predicted octanol–water partition coefficient (Wildman–Crippen LogP) is -0.377. The quantitative estimate of drug-likeness (QED) is 0.454. The largest absolute Gasteiger partial charge is 0.468 e. The minimum absolute atomic E-state index is 0.142. The Bertz CT molecular complexity index is 196. The molecule has 0 bridgehead atoms. The van der Waals surface area contributed by atoms with Gasteiger partial charge in [-0.2, -0.15) is 0 Å². The van der Waals surface area contributed by atoms with Gasteiger partial charge in [-0.1, -0.05) is 6.92 Å². The summed E-state index contributed by atoms with van der Waals surface area (Å²) in [5.74, 6) is -0.327. The number of nitrogens with two attached hydrogens (primary N) is 1. The maximum absolute atomic E-state index is 11.1. The summed E-state index contributed by atoms with van der Waals surface area (Å²) < 4.78 is 9.02. The molecule has 0 aliphatic rings. The lowest BCUT2D eigenvalue weighted by Crippen LogP contribution is -2.39. The molecule has 0 radical (unpaired) electrons. The van der Waals surface area contributed by atoms with Crippen molar-refractivity contribution in [3.63, 3.8) is 0 Å². The van der Waals surface area contributed by atoms with Crippen LogP contribution in [0.25, 0.3) is 0 Å². The Balaban J connectivity index is 3.63. The molecule has 0 aromatic rings. The van der Waals surface area contributed by atoms with E-state index < -0.39 is 6.09 Å². The van der Waals surface area contributed by atoms with Gasteiger partial charge < -0.3 is 20.5 Å². The average molecular weight is 204 g/mol. The van der Waals surface area contributed by atoms with Gasteiger partial charge >= 0.3 is 12.1 Å². The molecular weight excluding hydrogens is 188 g/mol. The molecule has 0 heterocycles. The fourth-order valence-corrected chi connectivity index (χ4v) is 0.921. The highest BCUT2D eigenvalue weighted by molar-refractivity contribution is 5.75. The van der Waals surface area contributed by atoms with Gasteiger partial charge in [0.2, 0.25) is 0 Å². The molecule has 0 saturated carbocycles. The molecule has 0 spiro atoms. The molecule has 1 unspecified atom stereocenters. The topological polar surface area (TPSA) is 90.6 Å². The molecule has 1 atom stereocenters. The van der Waals surface area contributed by atoms with Crippen LogP contribution in [-0.4, -0.2) is 38.4 Å². The highest BCUT2D eigenvalue weighted by Crippen LogP contribution is 1.92. The van der Waals surface area contributed by atoms with E-state index in [9.17, 15) is 9.59 Å². The third kappa shape index (κ3) is 5.36. The van der Waals surface area contributed by atoms with Crippen LogP contribution in [-0.2, 0) is 14.3 Å². The lowest BCUT2D eigenvalue weighted by Gasteiger charge is -2.13. The van der Waals surface area contributed by atoms with Crippen LogP contribution in [0.4, 0.5) is 4.79 Å². The number of ether oxygens (including phenoxy) is 2. The van der Waals surface area contributed by atoms with E-state index in [1.54, 1.807) is 0 Å². The van der Waals surface area contributed by atoms with E-state index in [2.05, 4.69) is 14.8 Å². The minimum Gasteiger partial charge on any atom is -0.468 e. The number of esters is 1. The average Bonchev–Trinajstić information content (AvgIpc) is 2.16. The van der Waals surface area contributed by atoms with Gasteiger partial charge in [-0.15, -0.1) is 0 Å². The Kier molecular flexibility index (Phi) is 6.47. The summed E-state index contributed by atoms with van der Waals surface area (Å²) in [4.78, 5) is 21.2. The second-order valence-electron chi connectivity index (χ2n) is 2.61. The van der Waals surface area contributed by atoms with Gasteiger partial charge in [-0.25, -0.2) is 4.79 Å². The molecule has 6 heteroatoms. The van der Waals surface area contributed by atoms with E-state index in [-0.39, 0.29) is 18.6 Å². The molecule has 0 rings (SSSR count). The van der Waals surface area contributed by atoms with Crippen LogP contribution in [0.15, 0.2) is 0 Å². The summed E-state index contributed by atoms with van der Waals surface area (Å²) in [7, 11) is 1.33. The molecule has 0 fully saturated rings. The van der Waals surface area contributed by atoms with Gasteiger partial charge in [0.1, 0.15) is 12.6 Å². The Hall–Kier alpha value is -1.30. The number of carbonyl (C=O) groups excluding carboxylic acids is 2. The smallest absolute Gasteiger partial charge is 0.404 e. The van der Waals surface area contributed by atoms with Crippen molar-refractivity contribution >= 4 is 12.1 Å². The zero-order valence-corrected chi connectivity index (χ0v) is 8.41. The Morgan fingerprint density at radius 1 is 1.50 bits per heavy atom. The summed E-state index contributed by atoms with van der Waals surface area (Å²) >= 11 is 0. The van der Waals surface area contributed by atoms with E-state index in [1.165, 1.54) is 7.11 Å². The van der Waals surface area contributed by atoms with Crippen molar-refractivity contribution in [2.24, 2.45) is 5.73 Å². The summed E-state index contributed by atoms with van der Waals surface area (Å²) in [5.41, 5.74) is 4.75. The Morgan fingerprint density at radius 3 is 2.57 bits per heavy atom. The molecular formula is C8H16N2O4. The lowest BCUT2D eigenvalue weighted by molar-refractivity contribution is -0.143. The molecule has 82 valence electrons. The molecule has 14 heavy (non-hydrogen) atoms. The number of methoxy groups -OCH3 is 1. The van der Waals surface area contributed by atoms with E-state index in [1.807, 2.05) is 6.92 Å². The van der Waals surface area contributed by atoms with E-state index >= 15 is 0 Å². The van der Waals surface area contributed by atoms with Crippen LogP contribution in [0.3, 0.4) is 0 Å². The van der Waals surface area contributed by atoms with Crippen molar-refractivity contribution < 1.29 is 19.1 Å². The van der Waals surface area contributed by atoms with Crippen molar-refractivity contribution in [1.82, 2.24) is 5.32 Å². The first-order valence-electron chi connectivity index (χ1n) is 4.35. The Labute approximate surface area is 82.7 Å². The SMILES string of the molecule is CCC(NCCOC(N)=O)C(=O)OC. The van der Waals surface area contributed by atoms with Crippen LogP contribution in [0.2, 0.25) is 0 Å². The first kappa shape index (κ1) is 12.7. The molecule has 0 aliphatic heterocycles. The normalized spacial score (nSPS) is 11.9. The highest BCUT2D eigenvalue weighted by atomic mass is 16.5. The highest BCUT2D eigenvalue weighted by Gasteiger charge is 2.15. The molecule has 0 aromatic carbocycles. The fourth-order valence-electron chi connectivity index (χ4n) is 0.921. The lowest BCUT2D eigenvalue weighted by atomic mass is 10.2. The van der Waals surface area contributed by atoms with Crippen molar-refractivity contribution in [2.75, 3.05) is 20.3 Å². The number of amides is 1. The van der Waals surface area contributed by atoms with Gasteiger partial charge in [0, 0.05) is 6.54 Å². The van der Waals surface area contributed by atoms with Crippen LogP contribution >= 0.6 is 0 Å². The monoisotopic (exact) mass is 204 g/mol. The van der Waals surface area contributed by atoms with Crippen LogP contribution in [0.5, 0.6) is 0 Å². The van der Waals surface area contributed by atoms with Crippen LogP contribution in [0.1, 0.15) is 13.3 Å². The van der Waals surface area contributed by atoms with Gasteiger partial charge in [-0.3, -0.25) is 4.79 Å². The van der Waals surface area contributed by atoms with E-state index in [4.69, 9.17) is 5.73 Å². The number of nitrogens with one attached hydrogen (secondary N) is 1. The number of primary amides is 1. The zero-order valence-electron chi connectivity index (χ0n) is 8.41. The minimum atomic E-state index is -0.821. The van der Waals surface area contributed by atoms with Gasteiger partial charge in [0.15, 0.2) is 0 Å². The molecule has 0 saturated heterocycles. The maximum atomic E-state index is 11.1. The zero-order chi connectivity index (χ0) is 11.0. The standard InChI is InChI=1S/C8H16N2O4/c1-3-6(7(11)13-2)10-4-5-14-8(9)12/h6,10H,3-5H2,1-2H3,(H2,9,12). The number of rotatable bonds is 6. The van der Waals surface area contributed by atoms with Crippen LogP contribution in [0, 0.1) is 0 Å². The van der Waals surface area contributed by atoms with Gasteiger partial charge in [-0.05, 0) is 6.42 Å². The second kappa shape index (κ2) is 7.14. The third-order valence-electron chi connectivity index (χ3n) is 1.63. The van der Waals surface area contributed by atoms with E-state index in [0.29, 0.717) is 13.0 Å². The Morgan fingerprint density at radius 2 is 2.14 bits per heavy atom. The van der Waals surface area contributed by atoms with Crippen molar-refractivity contribution in [3.8, 4) is 0 Å². The van der Waals surface area contributed by atoms with Crippen LogP contribution < -0.4 is 11.1 Å². The maximum Gasteiger partial charge on any atom is 0.404 e. The molecule has 3 N–H and O–H groups in total. The first-order valence-corrected chi connectivity index (χ1v) is 4.35. The predicted molar refractivity (Wildman–Crippen MR) is 49.6 cm³/mol. The van der Waals surface area contributed by atoms with Gasteiger partial charge in [0.05, 0.1) is 7.11 Å².